The van der Waals surface area contributed by atoms with Gasteiger partial charge in [0.2, 0.25) is 5.91 Å². The van der Waals surface area contributed by atoms with Gasteiger partial charge in [0.1, 0.15) is 0 Å². The van der Waals surface area contributed by atoms with Crippen molar-refractivity contribution >= 4 is 17.7 Å². The molecule has 3 aromatic rings. The fourth-order valence-corrected chi connectivity index (χ4v) is 4.05. The Kier molecular flexibility index (Phi) is 8.47. The third kappa shape index (κ3) is 6.43. The van der Waals surface area contributed by atoms with Crippen molar-refractivity contribution in [3.8, 4) is 11.4 Å². The monoisotopic (exact) mass is 423 g/mol. The first-order chi connectivity index (χ1) is 14.7. The van der Waals surface area contributed by atoms with Crippen LogP contribution in [-0.2, 0) is 17.9 Å². The van der Waals surface area contributed by atoms with E-state index in [1.807, 2.05) is 41.0 Å². The highest BCUT2D eigenvalue weighted by molar-refractivity contribution is 7.99. The summed E-state index contributed by atoms with van der Waals surface area (Å²) in [4.78, 5) is 14.5. The number of carbonyl (C=O) groups excluding carboxylic acids is 1. The molecule has 7 heteroatoms. The molecule has 0 aliphatic carbocycles. The summed E-state index contributed by atoms with van der Waals surface area (Å²) in [5.41, 5.74) is 2.33. The molecule has 0 saturated carbocycles. The van der Waals surface area contributed by atoms with Crippen molar-refractivity contribution in [3.05, 3.63) is 66.2 Å². The predicted molar refractivity (Wildman–Crippen MR) is 122 cm³/mol. The van der Waals surface area contributed by atoms with E-state index in [0.717, 1.165) is 42.6 Å². The molecule has 1 aromatic heterocycles. The van der Waals surface area contributed by atoms with E-state index in [-0.39, 0.29) is 5.91 Å². The molecule has 0 bridgehead atoms. The molecule has 158 valence electrons. The normalized spacial score (nSPS) is 11.0. The van der Waals surface area contributed by atoms with Crippen LogP contribution in [0.4, 0.5) is 0 Å². The fourth-order valence-electron chi connectivity index (χ4n) is 3.21. The van der Waals surface area contributed by atoms with E-state index in [1.54, 1.807) is 0 Å². The van der Waals surface area contributed by atoms with Gasteiger partial charge in [0, 0.05) is 25.2 Å². The van der Waals surface area contributed by atoms with Gasteiger partial charge in [-0.15, -0.1) is 10.2 Å². The summed E-state index contributed by atoms with van der Waals surface area (Å²) in [6.45, 7) is 5.35. The van der Waals surface area contributed by atoms with E-state index in [4.69, 9.17) is 0 Å². The van der Waals surface area contributed by atoms with Gasteiger partial charge in [-0.05, 0) is 32.5 Å². The van der Waals surface area contributed by atoms with Gasteiger partial charge >= 0.3 is 0 Å². The van der Waals surface area contributed by atoms with Gasteiger partial charge in [0.15, 0.2) is 11.0 Å². The number of nitrogens with zero attached hydrogens (tertiary/aromatic N) is 4. The van der Waals surface area contributed by atoms with Crippen molar-refractivity contribution in [1.29, 1.82) is 0 Å². The van der Waals surface area contributed by atoms with Crippen LogP contribution in [0.5, 0.6) is 0 Å². The standard InChI is InChI=1S/C23H29N5OS/c1-3-28-22(20-13-8-5-9-14-20)25-26-23(28)30-18-21(29)24-15-10-16-27(2)17-19-11-6-4-7-12-19/h4-9,11-14H,3,10,15-18H2,1-2H3,(H,24,29). The number of nitrogens with one attached hydrogen (secondary N) is 1. The average Bonchev–Trinajstić information content (AvgIpc) is 3.19. The van der Waals surface area contributed by atoms with Crippen LogP contribution in [0, 0.1) is 0 Å². The molecule has 2 aromatic carbocycles. The molecule has 1 heterocycles. The molecular weight excluding hydrogens is 394 g/mol. The number of rotatable bonds is 11. The molecule has 0 atom stereocenters. The summed E-state index contributed by atoms with van der Waals surface area (Å²) in [6, 6.07) is 20.4. The maximum absolute atomic E-state index is 12.2. The summed E-state index contributed by atoms with van der Waals surface area (Å²) in [5, 5.41) is 12.4. The molecule has 0 aliphatic heterocycles. The molecule has 1 N–H and O–H groups in total. The lowest BCUT2D eigenvalue weighted by molar-refractivity contribution is -0.118. The summed E-state index contributed by atoms with van der Waals surface area (Å²) >= 11 is 1.43. The topological polar surface area (TPSA) is 63.1 Å². The van der Waals surface area contributed by atoms with Crippen LogP contribution in [0.3, 0.4) is 0 Å². The van der Waals surface area contributed by atoms with E-state index in [9.17, 15) is 4.79 Å². The smallest absolute Gasteiger partial charge is 0.230 e. The SMILES string of the molecule is CCn1c(SCC(=O)NCCCN(C)Cc2ccccc2)nnc1-c1ccccc1. The molecule has 0 fully saturated rings. The van der Waals surface area contributed by atoms with Crippen molar-refractivity contribution in [1.82, 2.24) is 25.0 Å². The van der Waals surface area contributed by atoms with Gasteiger partial charge in [-0.3, -0.25) is 4.79 Å². The molecule has 3 rings (SSSR count). The third-order valence-electron chi connectivity index (χ3n) is 4.73. The predicted octanol–water partition coefficient (Wildman–Crippen LogP) is 3.70. The molecular formula is C23H29N5OS. The zero-order chi connectivity index (χ0) is 21.2. The highest BCUT2D eigenvalue weighted by Gasteiger charge is 2.14. The van der Waals surface area contributed by atoms with Gasteiger partial charge in [-0.2, -0.15) is 0 Å². The van der Waals surface area contributed by atoms with Gasteiger partial charge < -0.3 is 14.8 Å². The first-order valence-corrected chi connectivity index (χ1v) is 11.3. The second-order valence-corrected chi connectivity index (χ2v) is 8.07. The van der Waals surface area contributed by atoms with Gasteiger partial charge in [0.05, 0.1) is 5.75 Å². The molecule has 1 amide bonds. The minimum Gasteiger partial charge on any atom is -0.355 e. The summed E-state index contributed by atoms with van der Waals surface area (Å²) in [5.74, 6) is 1.20. The average molecular weight is 424 g/mol. The number of hydrogen-bond donors (Lipinski definition) is 1. The van der Waals surface area contributed by atoms with Crippen LogP contribution in [0.1, 0.15) is 18.9 Å². The van der Waals surface area contributed by atoms with Gasteiger partial charge in [-0.25, -0.2) is 0 Å². The summed E-state index contributed by atoms with van der Waals surface area (Å²) < 4.78 is 2.05. The van der Waals surface area contributed by atoms with E-state index in [0.29, 0.717) is 12.3 Å². The highest BCUT2D eigenvalue weighted by Crippen LogP contribution is 2.23. The van der Waals surface area contributed by atoms with E-state index < -0.39 is 0 Å². The first-order valence-electron chi connectivity index (χ1n) is 10.3. The Hall–Kier alpha value is -2.64. The summed E-state index contributed by atoms with van der Waals surface area (Å²) in [7, 11) is 2.10. The Morgan fingerprint density at radius 3 is 2.47 bits per heavy atom. The lowest BCUT2D eigenvalue weighted by Gasteiger charge is -2.16. The quantitative estimate of drug-likeness (QED) is 0.376. The van der Waals surface area contributed by atoms with Crippen LogP contribution in [0.15, 0.2) is 65.8 Å². The molecule has 30 heavy (non-hydrogen) atoms. The van der Waals surface area contributed by atoms with Crippen LogP contribution in [0.25, 0.3) is 11.4 Å². The third-order valence-corrected chi connectivity index (χ3v) is 5.70. The lowest BCUT2D eigenvalue weighted by Crippen LogP contribution is -2.29. The molecule has 0 unspecified atom stereocenters. The van der Waals surface area contributed by atoms with E-state index >= 15 is 0 Å². The Bertz CT molecular complexity index is 914. The largest absolute Gasteiger partial charge is 0.355 e. The maximum Gasteiger partial charge on any atom is 0.230 e. The van der Waals surface area contributed by atoms with Crippen LogP contribution < -0.4 is 5.32 Å². The molecule has 6 nitrogen and oxygen atoms in total. The molecule has 0 radical (unpaired) electrons. The highest BCUT2D eigenvalue weighted by atomic mass is 32.2. The number of benzene rings is 2. The molecule has 0 aliphatic rings. The Morgan fingerprint density at radius 1 is 1.07 bits per heavy atom. The van der Waals surface area contributed by atoms with Gasteiger partial charge in [0.25, 0.3) is 0 Å². The minimum absolute atomic E-state index is 0.0256. The lowest BCUT2D eigenvalue weighted by atomic mass is 10.2. The van der Waals surface area contributed by atoms with Crippen molar-refractivity contribution in [2.24, 2.45) is 0 Å². The second-order valence-electron chi connectivity index (χ2n) is 7.13. The minimum atomic E-state index is 0.0256. The van der Waals surface area contributed by atoms with Crippen molar-refractivity contribution in [3.63, 3.8) is 0 Å². The van der Waals surface area contributed by atoms with Crippen molar-refractivity contribution in [2.45, 2.75) is 31.6 Å². The number of amides is 1. The van der Waals surface area contributed by atoms with Crippen LogP contribution >= 0.6 is 11.8 Å². The first kappa shape index (κ1) is 22.1. The van der Waals surface area contributed by atoms with Crippen LogP contribution in [0.2, 0.25) is 0 Å². The fraction of sp³-hybridized carbons (Fsp3) is 0.348. The van der Waals surface area contributed by atoms with E-state index in [2.05, 4.69) is 58.7 Å². The maximum atomic E-state index is 12.2. The number of aromatic nitrogens is 3. The Morgan fingerprint density at radius 2 is 1.77 bits per heavy atom. The number of thioether (sulfide) groups is 1. The number of carbonyl (C=O) groups is 1. The Balaban J connectivity index is 1.39. The zero-order valence-electron chi connectivity index (χ0n) is 17.6. The van der Waals surface area contributed by atoms with Gasteiger partial charge in [-0.1, -0.05) is 72.4 Å². The Labute approximate surface area is 182 Å². The zero-order valence-corrected chi connectivity index (χ0v) is 18.4. The molecule has 0 saturated heterocycles. The molecule has 0 spiro atoms. The second kappa shape index (κ2) is 11.5. The van der Waals surface area contributed by atoms with Crippen molar-refractivity contribution < 1.29 is 4.79 Å². The van der Waals surface area contributed by atoms with Crippen LogP contribution in [-0.4, -0.2) is 51.5 Å². The van der Waals surface area contributed by atoms with E-state index in [1.165, 1.54) is 17.3 Å². The number of hydrogen-bond acceptors (Lipinski definition) is 5. The van der Waals surface area contributed by atoms with Crippen molar-refractivity contribution in [2.75, 3.05) is 25.9 Å². The summed E-state index contributed by atoms with van der Waals surface area (Å²) in [6.07, 6.45) is 0.920.